The van der Waals surface area contributed by atoms with E-state index in [9.17, 15) is 19.5 Å². The lowest BCUT2D eigenvalue weighted by atomic mass is 9.46. The molecule has 8 nitrogen and oxygen atoms in total. The largest absolute Gasteiger partial charge is 0.481 e. The van der Waals surface area contributed by atoms with Gasteiger partial charge in [0.1, 0.15) is 6.10 Å². The first kappa shape index (κ1) is 42.5. The Morgan fingerprint density at radius 1 is 0.774 bits per heavy atom. The number of likely N-dealkylation sites (tertiary alicyclic amines) is 1. The zero-order valence-corrected chi connectivity index (χ0v) is 32.8. The van der Waals surface area contributed by atoms with Crippen molar-refractivity contribution in [2.24, 2.45) is 74.2 Å². The van der Waals surface area contributed by atoms with Gasteiger partial charge in [-0.1, -0.05) is 48.5 Å². The third-order valence-electron chi connectivity index (χ3n) is 17.7. The van der Waals surface area contributed by atoms with Gasteiger partial charge in [-0.2, -0.15) is 0 Å². The van der Waals surface area contributed by atoms with E-state index in [2.05, 4.69) is 32.6 Å². The minimum absolute atomic E-state index is 0. The van der Waals surface area contributed by atoms with E-state index >= 15 is 0 Å². The quantitative estimate of drug-likeness (QED) is 0.220. The molecule has 0 aromatic heterocycles. The molecule has 1 aliphatic heterocycles. The van der Waals surface area contributed by atoms with Crippen molar-refractivity contribution in [1.29, 1.82) is 0 Å². The van der Waals surface area contributed by atoms with Crippen LogP contribution in [0.5, 0.6) is 0 Å². The van der Waals surface area contributed by atoms with Crippen LogP contribution in [0.1, 0.15) is 166 Å². The molecule has 1 saturated heterocycles. The molecular formula is C45H78N2O6. The maximum absolute atomic E-state index is 12.8. The smallest absolute Gasteiger partial charge is 0.309 e. The second-order valence-electron chi connectivity index (χ2n) is 20.9. The Morgan fingerprint density at radius 2 is 1.40 bits per heavy atom. The van der Waals surface area contributed by atoms with Gasteiger partial charge in [-0.15, -0.1) is 0 Å². The number of rotatable bonds is 7. The normalized spacial score (nSPS) is 45.7. The van der Waals surface area contributed by atoms with Gasteiger partial charge >= 0.3 is 17.9 Å². The Hall–Kier alpha value is -1.67. The molecule has 12 unspecified atom stereocenters. The molecular weight excluding hydrogens is 665 g/mol. The summed E-state index contributed by atoms with van der Waals surface area (Å²) in [6.45, 7) is 16.0. The predicted octanol–water partition coefficient (Wildman–Crippen LogP) is 9.43. The molecule has 1 heterocycles. The van der Waals surface area contributed by atoms with Crippen LogP contribution in [0.3, 0.4) is 0 Å². The highest BCUT2D eigenvalue weighted by Crippen LogP contribution is 2.93. The number of esters is 1. The molecule has 8 aliphatic rings. The first-order valence-corrected chi connectivity index (χ1v) is 21.1. The molecule has 0 aromatic rings. The summed E-state index contributed by atoms with van der Waals surface area (Å²) >= 11 is 0. The van der Waals surface area contributed by atoms with Crippen LogP contribution in [0.25, 0.3) is 0 Å². The lowest BCUT2D eigenvalue weighted by molar-refractivity contribution is -0.175. The van der Waals surface area contributed by atoms with Crippen LogP contribution in [-0.4, -0.2) is 64.3 Å². The zero-order chi connectivity index (χ0) is 36.8. The fourth-order valence-corrected chi connectivity index (χ4v) is 15.3. The molecule has 8 rings (SSSR count). The van der Waals surface area contributed by atoms with Gasteiger partial charge in [0.05, 0.1) is 23.3 Å². The monoisotopic (exact) mass is 743 g/mol. The number of aliphatic carboxylic acids is 2. The Balaban J connectivity index is 0.000000255. The van der Waals surface area contributed by atoms with Gasteiger partial charge in [-0.25, -0.2) is 0 Å². The van der Waals surface area contributed by atoms with Crippen LogP contribution < -0.4 is 5.73 Å². The Labute approximate surface area is 322 Å². The van der Waals surface area contributed by atoms with Crippen molar-refractivity contribution >= 4 is 17.9 Å². The highest BCUT2D eigenvalue weighted by atomic mass is 16.5. The van der Waals surface area contributed by atoms with Crippen molar-refractivity contribution < 1.29 is 29.3 Å². The summed E-state index contributed by atoms with van der Waals surface area (Å²) in [6, 6.07) is 0. The number of carboxylic acid groups (broad SMARTS) is 2. The Kier molecular flexibility index (Phi) is 11.8. The van der Waals surface area contributed by atoms with Gasteiger partial charge in [-0.05, 0) is 181 Å². The van der Waals surface area contributed by atoms with Crippen LogP contribution in [0.2, 0.25) is 0 Å². The maximum atomic E-state index is 12.8. The fourth-order valence-electron chi connectivity index (χ4n) is 15.3. The lowest BCUT2D eigenvalue weighted by Crippen LogP contribution is -2.66. The average Bonchev–Trinajstić information content (AvgIpc) is 3.48. The van der Waals surface area contributed by atoms with Gasteiger partial charge in [0.2, 0.25) is 0 Å². The van der Waals surface area contributed by atoms with Crippen LogP contribution in [0, 0.1) is 68.5 Å². The summed E-state index contributed by atoms with van der Waals surface area (Å²) in [7, 11) is 0. The molecule has 7 saturated carbocycles. The molecule has 53 heavy (non-hydrogen) atoms. The third kappa shape index (κ3) is 6.71. The third-order valence-corrected chi connectivity index (χ3v) is 17.7. The Bertz CT molecular complexity index is 1370. The molecule has 7 aliphatic carbocycles. The van der Waals surface area contributed by atoms with E-state index < -0.39 is 28.9 Å². The van der Waals surface area contributed by atoms with E-state index in [1.165, 1.54) is 77.2 Å². The second kappa shape index (κ2) is 14.7. The first-order chi connectivity index (χ1) is 23.9. The number of fused-ring (bicyclic) bond motifs is 3. The molecule has 4 N–H and O–H groups in total. The summed E-state index contributed by atoms with van der Waals surface area (Å²) in [5.74, 6) is 2.68. The van der Waals surface area contributed by atoms with E-state index in [-0.39, 0.29) is 38.7 Å². The molecule has 12 atom stereocenters. The van der Waals surface area contributed by atoms with Crippen molar-refractivity contribution in [3.05, 3.63) is 0 Å². The highest BCUT2D eigenvalue weighted by Gasteiger charge is 2.88. The molecule has 8 heteroatoms. The van der Waals surface area contributed by atoms with Crippen LogP contribution in [0.15, 0.2) is 0 Å². The summed E-state index contributed by atoms with van der Waals surface area (Å²) in [5, 5.41) is 18.4. The summed E-state index contributed by atoms with van der Waals surface area (Å²) in [5.41, 5.74) is 7.40. The lowest BCUT2D eigenvalue weighted by Gasteiger charge is -2.61. The van der Waals surface area contributed by atoms with Gasteiger partial charge in [-0.3, -0.25) is 14.4 Å². The van der Waals surface area contributed by atoms with E-state index in [0.29, 0.717) is 22.2 Å². The number of hydrogen-bond donors (Lipinski definition) is 3. The SMILES string of the molecule is C.C.CC(C)(CC(=O)OC1CCC2(C)C(CCC34C2CCC32C3CCCC3(C)CCC24)C1(C)N)C(=O)O.CC1CCC(CN2CCC(C(=O)O)CC2)C1. The van der Waals surface area contributed by atoms with Crippen LogP contribution in [0.4, 0.5) is 0 Å². The second-order valence-corrected chi connectivity index (χ2v) is 20.9. The number of nitrogens with two attached hydrogens (primary N) is 1. The molecule has 2 spiro atoms. The summed E-state index contributed by atoms with van der Waals surface area (Å²) < 4.78 is 5.97. The van der Waals surface area contributed by atoms with Gasteiger partial charge in [0.15, 0.2) is 0 Å². The molecule has 0 aromatic carbocycles. The van der Waals surface area contributed by atoms with E-state index in [1.54, 1.807) is 13.8 Å². The standard InChI is InChI=1S/C30H47NO4.C13H23NO2.2CH4/c1-25(2,24(33)34)17-23(32)35-22-11-14-27(4)19(28(22,5)31)9-15-30-20(27)10-16-29(30)18-7-6-12-26(18,3)13-8-21(29)30;1-10-2-3-11(8-10)9-14-6-4-12(5-7-14)13(15)16;;/h18-22H,6-17,31H2,1-5H3,(H,33,34);10-12H,2-9H2,1H3,(H,15,16);2*1H4. The van der Waals surface area contributed by atoms with Gasteiger partial charge in [0.25, 0.3) is 0 Å². The molecule has 304 valence electrons. The van der Waals surface area contributed by atoms with Crippen molar-refractivity contribution in [3.63, 3.8) is 0 Å². The summed E-state index contributed by atoms with van der Waals surface area (Å²) in [6.07, 6.45) is 19.7. The number of carbonyl (C=O) groups excluding carboxylic acids is 1. The minimum atomic E-state index is -1.13. The molecule has 8 fully saturated rings. The highest BCUT2D eigenvalue weighted by molar-refractivity contribution is 5.81. The first-order valence-electron chi connectivity index (χ1n) is 21.1. The topological polar surface area (TPSA) is 130 Å². The van der Waals surface area contributed by atoms with Crippen LogP contribution >= 0.6 is 0 Å². The number of carboxylic acids is 2. The van der Waals surface area contributed by atoms with Crippen molar-refractivity contribution in [3.8, 4) is 0 Å². The molecule has 0 amide bonds. The van der Waals surface area contributed by atoms with Crippen LogP contribution in [-0.2, 0) is 19.1 Å². The molecule has 0 radical (unpaired) electrons. The number of ether oxygens (including phenoxy) is 1. The summed E-state index contributed by atoms with van der Waals surface area (Å²) in [4.78, 5) is 37.6. The Morgan fingerprint density at radius 3 is 2.00 bits per heavy atom. The maximum Gasteiger partial charge on any atom is 0.309 e. The van der Waals surface area contributed by atoms with Crippen molar-refractivity contribution in [2.45, 2.75) is 177 Å². The van der Waals surface area contributed by atoms with Crippen molar-refractivity contribution in [1.82, 2.24) is 4.90 Å². The van der Waals surface area contributed by atoms with Gasteiger partial charge in [0, 0.05) is 6.54 Å². The van der Waals surface area contributed by atoms with Crippen molar-refractivity contribution in [2.75, 3.05) is 19.6 Å². The average molecular weight is 743 g/mol. The fraction of sp³-hybridized carbons (Fsp3) is 0.933. The minimum Gasteiger partial charge on any atom is -0.481 e. The zero-order valence-electron chi connectivity index (χ0n) is 32.8. The van der Waals surface area contributed by atoms with E-state index in [0.717, 1.165) is 74.8 Å². The van der Waals surface area contributed by atoms with Gasteiger partial charge < -0.3 is 25.6 Å². The van der Waals surface area contributed by atoms with E-state index in [1.807, 2.05) is 0 Å². The van der Waals surface area contributed by atoms with E-state index in [4.69, 9.17) is 15.6 Å². The number of carbonyl (C=O) groups is 3. The number of piperidine rings is 1. The number of nitrogens with zero attached hydrogens (tertiary/aromatic N) is 1. The number of hydrogen-bond acceptors (Lipinski definition) is 6. The predicted molar refractivity (Wildman–Crippen MR) is 211 cm³/mol. The molecule has 0 bridgehead atoms.